The SMILES string of the molecule is COc1ccc(N2C(=O)C(=O)/C(=C(/O)c3cc(C)ccc3C)C2c2ccccc2F)cc1Cl. The second-order valence-corrected chi connectivity index (χ2v) is 8.24. The predicted octanol–water partition coefficient (Wildman–Crippen LogP) is 5.73. The Hall–Kier alpha value is -3.64. The summed E-state index contributed by atoms with van der Waals surface area (Å²) in [6, 6.07) is 14.7. The van der Waals surface area contributed by atoms with E-state index in [1.807, 2.05) is 19.1 Å². The van der Waals surface area contributed by atoms with Crippen molar-refractivity contribution in [3.63, 3.8) is 0 Å². The second-order valence-electron chi connectivity index (χ2n) is 7.83. The number of halogens is 2. The van der Waals surface area contributed by atoms with E-state index >= 15 is 0 Å². The molecule has 1 heterocycles. The summed E-state index contributed by atoms with van der Waals surface area (Å²) in [7, 11) is 1.45. The number of aliphatic hydroxyl groups is 1. The molecule has 1 amide bonds. The van der Waals surface area contributed by atoms with E-state index in [0.29, 0.717) is 16.9 Å². The molecule has 1 saturated heterocycles. The second kappa shape index (κ2) is 8.71. The van der Waals surface area contributed by atoms with Crippen LogP contribution >= 0.6 is 11.6 Å². The van der Waals surface area contributed by atoms with Crippen molar-refractivity contribution in [1.29, 1.82) is 0 Å². The van der Waals surface area contributed by atoms with E-state index in [4.69, 9.17) is 16.3 Å². The summed E-state index contributed by atoms with van der Waals surface area (Å²) in [5, 5.41) is 11.5. The van der Waals surface area contributed by atoms with Crippen LogP contribution in [0.4, 0.5) is 10.1 Å². The molecule has 3 aromatic rings. The van der Waals surface area contributed by atoms with Crippen molar-refractivity contribution in [3.8, 4) is 5.75 Å². The lowest BCUT2D eigenvalue weighted by Gasteiger charge is -2.26. The van der Waals surface area contributed by atoms with E-state index in [9.17, 15) is 19.1 Å². The number of hydrogen-bond acceptors (Lipinski definition) is 4. The van der Waals surface area contributed by atoms with Gasteiger partial charge in [0, 0.05) is 16.8 Å². The summed E-state index contributed by atoms with van der Waals surface area (Å²) < 4.78 is 20.1. The molecule has 1 aliphatic heterocycles. The number of ether oxygens (including phenoxy) is 1. The third-order valence-corrected chi connectivity index (χ3v) is 6.00. The minimum Gasteiger partial charge on any atom is -0.507 e. The average Bonchev–Trinajstić information content (AvgIpc) is 3.05. The van der Waals surface area contributed by atoms with Crippen molar-refractivity contribution in [1.82, 2.24) is 0 Å². The number of nitrogens with zero attached hydrogens (tertiary/aromatic N) is 1. The zero-order valence-corrected chi connectivity index (χ0v) is 19.0. The van der Waals surface area contributed by atoms with E-state index < -0.39 is 23.5 Å². The van der Waals surface area contributed by atoms with Crippen LogP contribution < -0.4 is 9.64 Å². The number of aryl methyl sites for hydroxylation is 2. The molecule has 0 aliphatic carbocycles. The first-order valence-corrected chi connectivity index (χ1v) is 10.6. The lowest BCUT2D eigenvalue weighted by molar-refractivity contribution is -0.132. The van der Waals surface area contributed by atoms with E-state index in [1.165, 1.54) is 31.4 Å². The summed E-state index contributed by atoms with van der Waals surface area (Å²) in [6.45, 7) is 3.63. The number of carbonyl (C=O) groups excluding carboxylic acids is 2. The molecule has 5 nitrogen and oxygen atoms in total. The van der Waals surface area contributed by atoms with Crippen LogP contribution in [0, 0.1) is 19.7 Å². The fourth-order valence-corrected chi connectivity index (χ4v) is 4.28. The molecule has 1 aliphatic rings. The van der Waals surface area contributed by atoms with Crippen LogP contribution in [-0.4, -0.2) is 23.9 Å². The maximum Gasteiger partial charge on any atom is 0.300 e. The molecule has 0 aromatic heterocycles. The molecular formula is C26H21ClFNO4. The van der Waals surface area contributed by atoms with Gasteiger partial charge in [0.15, 0.2) is 0 Å². The van der Waals surface area contributed by atoms with Gasteiger partial charge in [0.25, 0.3) is 11.7 Å². The molecule has 7 heteroatoms. The van der Waals surface area contributed by atoms with Crippen molar-refractivity contribution in [2.45, 2.75) is 19.9 Å². The van der Waals surface area contributed by atoms with Crippen LogP contribution in [0.15, 0.2) is 66.2 Å². The molecule has 168 valence electrons. The molecule has 0 spiro atoms. The topological polar surface area (TPSA) is 66.8 Å². The Balaban J connectivity index is 2.00. The Morgan fingerprint density at radius 2 is 1.79 bits per heavy atom. The quantitative estimate of drug-likeness (QED) is 0.303. The van der Waals surface area contributed by atoms with Crippen LogP contribution in [0.5, 0.6) is 5.75 Å². The maximum atomic E-state index is 15.0. The van der Waals surface area contributed by atoms with E-state index in [2.05, 4.69) is 0 Å². The zero-order chi connectivity index (χ0) is 23.9. The highest BCUT2D eigenvalue weighted by atomic mass is 35.5. The zero-order valence-electron chi connectivity index (χ0n) is 18.2. The molecular weight excluding hydrogens is 445 g/mol. The predicted molar refractivity (Wildman–Crippen MR) is 125 cm³/mol. The number of anilines is 1. The van der Waals surface area contributed by atoms with Crippen molar-refractivity contribution >= 4 is 34.7 Å². The van der Waals surface area contributed by atoms with Gasteiger partial charge in [0.1, 0.15) is 17.3 Å². The van der Waals surface area contributed by atoms with E-state index in [-0.39, 0.29) is 27.6 Å². The fourth-order valence-electron chi connectivity index (χ4n) is 4.03. The molecule has 1 unspecified atom stereocenters. The summed E-state index contributed by atoms with van der Waals surface area (Å²) in [5.74, 6) is -2.38. The Labute approximate surface area is 195 Å². The Kier molecular flexibility index (Phi) is 5.95. The average molecular weight is 466 g/mol. The number of Topliss-reactive ketones (excluding diaryl/α,β-unsaturated/α-hetero) is 1. The Bertz CT molecular complexity index is 1320. The van der Waals surface area contributed by atoms with Gasteiger partial charge in [-0.05, 0) is 49.7 Å². The summed E-state index contributed by atoms with van der Waals surface area (Å²) in [4.78, 5) is 27.6. The monoisotopic (exact) mass is 465 g/mol. The van der Waals surface area contributed by atoms with Crippen LogP contribution in [0.2, 0.25) is 5.02 Å². The van der Waals surface area contributed by atoms with Crippen molar-refractivity contribution < 1.29 is 23.8 Å². The molecule has 1 atom stereocenters. The lowest BCUT2D eigenvalue weighted by Crippen LogP contribution is -2.29. The highest BCUT2D eigenvalue weighted by Gasteiger charge is 2.48. The number of ketones is 1. The van der Waals surface area contributed by atoms with Gasteiger partial charge < -0.3 is 9.84 Å². The number of methoxy groups -OCH3 is 1. The van der Waals surface area contributed by atoms with Gasteiger partial charge >= 0.3 is 0 Å². The first-order valence-electron chi connectivity index (χ1n) is 10.2. The van der Waals surface area contributed by atoms with Gasteiger partial charge in [0.2, 0.25) is 0 Å². The molecule has 4 rings (SSSR count). The van der Waals surface area contributed by atoms with Gasteiger partial charge in [-0.1, -0.05) is 47.5 Å². The molecule has 3 aromatic carbocycles. The number of hydrogen-bond donors (Lipinski definition) is 1. The van der Waals surface area contributed by atoms with Gasteiger partial charge in [-0.3, -0.25) is 14.5 Å². The van der Waals surface area contributed by atoms with Crippen LogP contribution in [0.1, 0.15) is 28.3 Å². The normalized spacial score (nSPS) is 17.5. The molecule has 33 heavy (non-hydrogen) atoms. The first kappa shape index (κ1) is 22.6. The fraction of sp³-hybridized carbons (Fsp3) is 0.154. The smallest absolute Gasteiger partial charge is 0.300 e. The Morgan fingerprint density at radius 1 is 1.06 bits per heavy atom. The maximum absolute atomic E-state index is 15.0. The molecule has 0 radical (unpaired) electrons. The summed E-state index contributed by atoms with van der Waals surface area (Å²) in [5.41, 5.74) is 2.14. The van der Waals surface area contributed by atoms with E-state index in [1.54, 1.807) is 31.2 Å². The molecule has 1 fully saturated rings. The number of benzene rings is 3. The van der Waals surface area contributed by atoms with Gasteiger partial charge in [-0.2, -0.15) is 0 Å². The third-order valence-electron chi connectivity index (χ3n) is 5.71. The van der Waals surface area contributed by atoms with Gasteiger partial charge in [-0.15, -0.1) is 0 Å². The number of rotatable bonds is 4. The first-order chi connectivity index (χ1) is 15.7. The minimum atomic E-state index is -1.18. The molecule has 0 saturated carbocycles. The molecule has 0 bridgehead atoms. The van der Waals surface area contributed by atoms with Crippen molar-refractivity contribution in [2.24, 2.45) is 0 Å². The highest BCUT2D eigenvalue weighted by Crippen LogP contribution is 2.44. The van der Waals surface area contributed by atoms with Crippen LogP contribution in [-0.2, 0) is 9.59 Å². The van der Waals surface area contributed by atoms with Crippen LogP contribution in [0.3, 0.4) is 0 Å². The molecule has 1 N–H and O–H groups in total. The van der Waals surface area contributed by atoms with Gasteiger partial charge in [0.05, 0.1) is 23.7 Å². The number of carbonyl (C=O) groups is 2. The van der Waals surface area contributed by atoms with Crippen LogP contribution in [0.25, 0.3) is 5.76 Å². The lowest BCUT2D eigenvalue weighted by atomic mass is 9.93. The van der Waals surface area contributed by atoms with E-state index in [0.717, 1.165) is 10.5 Å². The summed E-state index contributed by atoms with van der Waals surface area (Å²) in [6.07, 6.45) is 0. The largest absolute Gasteiger partial charge is 0.507 e. The summed E-state index contributed by atoms with van der Waals surface area (Å²) >= 11 is 6.27. The standard InChI is InChI=1S/C26H21ClFNO4/c1-14-8-9-15(2)18(12-14)24(30)22-23(17-6-4-5-7-20(17)28)29(26(32)25(22)31)16-10-11-21(33-3)19(27)13-16/h4-13,23,30H,1-3H3/b24-22+. The van der Waals surface area contributed by atoms with Crippen molar-refractivity contribution in [3.05, 3.63) is 99.3 Å². The van der Waals surface area contributed by atoms with Gasteiger partial charge in [-0.25, -0.2) is 4.39 Å². The van der Waals surface area contributed by atoms with Crippen molar-refractivity contribution in [2.75, 3.05) is 12.0 Å². The number of aliphatic hydroxyl groups excluding tert-OH is 1. The minimum absolute atomic E-state index is 0.0792. The Morgan fingerprint density at radius 3 is 2.45 bits per heavy atom. The third kappa shape index (κ3) is 3.87. The highest BCUT2D eigenvalue weighted by molar-refractivity contribution is 6.52. The number of amides is 1.